The van der Waals surface area contributed by atoms with E-state index in [4.69, 9.17) is 10.5 Å². The molecule has 0 saturated heterocycles. The Hall–Kier alpha value is -1.06. The summed E-state index contributed by atoms with van der Waals surface area (Å²) in [6.45, 7) is 4.11. The number of methoxy groups -OCH3 is 1. The van der Waals surface area contributed by atoms with E-state index in [1.807, 2.05) is 12.1 Å². The minimum absolute atomic E-state index is 0.193. The van der Waals surface area contributed by atoms with Crippen molar-refractivity contribution in [3.05, 3.63) is 29.8 Å². The van der Waals surface area contributed by atoms with Gasteiger partial charge in [-0.2, -0.15) is 0 Å². The molecule has 3 nitrogen and oxygen atoms in total. The molecule has 0 heterocycles. The Labute approximate surface area is 98.2 Å². The molecule has 0 aliphatic carbocycles. The molecule has 0 aliphatic rings. The molecule has 0 aliphatic heterocycles. The summed E-state index contributed by atoms with van der Waals surface area (Å²) >= 11 is 0. The van der Waals surface area contributed by atoms with Crippen LogP contribution in [0.15, 0.2) is 24.3 Å². The zero-order valence-corrected chi connectivity index (χ0v) is 10.4. The summed E-state index contributed by atoms with van der Waals surface area (Å²) in [6, 6.07) is 8.30. The number of likely N-dealkylation sites (N-methyl/N-ethyl adjacent to an activating group) is 1. The molecule has 0 bridgehead atoms. The molecule has 0 aromatic heterocycles. The molecule has 3 heteroatoms. The van der Waals surface area contributed by atoms with E-state index in [0.717, 1.165) is 25.3 Å². The van der Waals surface area contributed by atoms with Gasteiger partial charge in [0.25, 0.3) is 0 Å². The average Bonchev–Trinajstić information content (AvgIpc) is 2.29. The van der Waals surface area contributed by atoms with Crippen LogP contribution in [-0.2, 0) is 6.42 Å². The first-order valence-electron chi connectivity index (χ1n) is 5.72. The van der Waals surface area contributed by atoms with Crippen molar-refractivity contribution in [2.24, 2.45) is 5.73 Å². The second kappa shape index (κ2) is 6.51. The van der Waals surface area contributed by atoms with Crippen molar-refractivity contribution in [2.75, 3.05) is 27.2 Å². The molecule has 0 spiro atoms. The van der Waals surface area contributed by atoms with Gasteiger partial charge in [-0.3, -0.25) is 0 Å². The lowest BCUT2D eigenvalue weighted by atomic mass is 10.1. The zero-order valence-electron chi connectivity index (χ0n) is 10.4. The predicted octanol–water partition coefficient (Wildman–Crippen LogP) is 1.52. The first-order valence-corrected chi connectivity index (χ1v) is 5.72. The lowest BCUT2D eigenvalue weighted by Gasteiger charge is -2.19. The highest BCUT2D eigenvalue weighted by Crippen LogP contribution is 2.12. The molecule has 1 unspecified atom stereocenters. The Morgan fingerprint density at radius 3 is 2.44 bits per heavy atom. The molecule has 0 saturated carbocycles. The largest absolute Gasteiger partial charge is 0.497 e. The van der Waals surface area contributed by atoms with Crippen molar-refractivity contribution >= 4 is 0 Å². The fourth-order valence-corrected chi connectivity index (χ4v) is 1.66. The summed E-state index contributed by atoms with van der Waals surface area (Å²) < 4.78 is 5.12. The highest BCUT2D eigenvalue weighted by molar-refractivity contribution is 5.27. The fourth-order valence-electron chi connectivity index (χ4n) is 1.66. The maximum Gasteiger partial charge on any atom is 0.118 e. The number of benzene rings is 1. The number of hydrogen-bond acceptors (Lipinski definition) is 3. The van der Waals surface area contributed by atoms with E-state index < -0.39 is 0 Å². The Bertz CT molecular complexity index is 297. The molecule has 16 heavy (non-hydrogen) atoms. The van der Waals surface area contributed by atoms with Gasteiger partial charge in [0.15, 0.2) is 0 Å². The molecule has 1 aromatic carbocycles. The molecule has 0 fully saturated rings. The van der Waals surface area contributed by atoms with Gasteiger partial charge in [0.05, 0.1) is 7.11 Å². The summed E-state index contributed by atoms with van der Waals surface area (Å²) in [7, 11) is 3.77. The van der Waals surface area contributed by atoms with Gasteiger partial charge >= 0.3 is 0 Å². The van der Waals surface area contributed by atoms with Gasteiger partial charge < -0.3 is 15.4 Å². The number of ether oxygens (including phenoxy) is 1. The van der Waals surface area contributed by atoms with Crippen LogP contribution in [0.1, 0.15) is 12.5 Å². The molecule has 0 amide bonds. The lowest BCUT2D eigenvalue weighted by molar-refractivity contribution is 0.325. The molecular formula is C13H22N2O. The second-order valence-electron chi connectivity index (χ2n) is 4.17. The van der Waals surface area contributed by atoms with Crippen LogP contribution in [0.4, 0.5) is 0 Å². The molecule has 0 radical (unpaired) electrons. The first-order chi connectivity index (χ1) is 7.65. The molecule has 1 atom stereocenters. The maximum absolute atomic E-state index is 6.08. The third-order valence-electron chi connectivity index (χ3n) is 2.74. The van der Waals surface area contributed by atoms with Gasteiger partial charge in [-0.25, -0.2) is 0 Å². The van der Waals surface area contributed by atoms with Gasteiger partial charge in [0.2, 0.25) is 0 Å². The summed E-state index contributed by atoms with van der Waals surface area (Å²) in [4.78, 5) is 2.23. The van der Waals surface area contributed by atoms with E-state index in [0.29, 0.717) is 0 Å². The quantitative estimate of drug-likeness (QED) is 0.793. The van der Waals surface area contributed by atoms with Gasteiger partial charge in [-0.1, -0.05) is 19.1 Å². The van der Waals surface area contributed by atoms with E-state index in [2.05, 4.69) is 31.0 Å². The average molecular weight is 222 g/mol. The normalized spacial score (nSPS) is 12.8. The Morgan fingerprint density at radius 2 is 1.94 bits per heavy atom. The molecule has 1 rings (SSSR count). The van der Waals surface area contributed by atoms with Crippen molar-refractivity contribution in [2.45, 2.75) is 19.4 Å². The number of rotatable bonds is 6. The number of nitrogens with zero attached hydrogens (tertiary/aromatic N) is 1. The highest BCUT2D eigenvalue weighted by Gasteiger charge is 2.06. The van der Waals surface area contributed by atoms with Crippen molar-refractivity contribution in [1.29, 1.82) is 0 Å². The van der Waals surface area contributed by atoms with E-state index in [1.165, 1.54) is 5.56 Å². The van der Waals surface area contributed by atoms with Gasteiger partial charge in [-0.15, -0.1) is 0 Å². The van der Waals surface area contributed by atoms with Crippen molar-refractivity contribution in [1.82, 2.24) is 4.90 Å². The topological polar surface area (TPSA) is 38.5 Å². The third kappa shape index (κ3) is 4.21. The summed E-state index contributed by atoms with van der Waals surface area (Å²) in [5, 5.41) is 0. The summed E-state index contributed by atoms with van der Waals surface area (Å²) in [6.07, 6.45) is 0.911. The number of nitrogens with two attached hydrogens (primary N) is 1. The first kappa shape index (κ1) is 13.0. The second-order valence-corrected chi connectivity index (χ2v) is 4.17. The van der Waals surface area contributed by atoms with Gasteiger partial charge in [0, 0.05) is 12.6 Å². The van der Waals surface area contributed by atoms with Gasteiger partial charge in [0.1, 0.15) is 5.75 Å². The van der Waals surface area contributed by atoms with Crippen LogP contribution in [0.5, 0.6) is 5.75 Å². The van der Waals surface area contributed by atoms with Crippen molar-refractivity contribution in [3.8, 4) is 5.75 Å². The van der Waals surface area contributed by atoms with E-state index in [1.54, 1.807) is 7.11 Å². The molecule has 2 N–H and O–H groups in total. The Balaban J connectivity index is 2.46. The molecule has 1 aromatic rings. The van der Waals surface area contributed by atoms with Gasteiger partial charge in [-0.05, 0) is 37.7 Å². The number of hydrogen-bond donors (Lipinski definition) is 1. The SMILES string of the molecule is CCN(C)CC(N)Cc1ccc(OC)cc1. The van der Waals surface area contributed by atoms with Crippen LogP contribution in [0.25, 0.3) is 0 Å². The fraction of sp³-hybridized carbons (Fsp3) is 0.538. The predicted molar refractivity (Wildman–Crippen MR) is 67.8 cm³/mol. The van der Waals surface area contributed by atoms with E-state index in [-0.39, 0.29) is 6.04 Å². The highest BCUT2D eigenvalue weighted by atomic mass is 16.5. The van der Waals surface area contributed by atoms with E-state index in [9.17, 15) is 0 Å². The summed E-state index contributed by atoms with van der Waals surface area (Å²) in [5.74, 6) is 0.892. The van der Waals surface area contributed by atoms with E-state index >= 15 is 0 Å². The molecule has 90 valence electrons. The van der Waals surface area contributed by atoms with Crippen LogP contribution in [0, 0.1) is 0 Å². The van der Waals surface area contributed by atoms with Crippen molar-refractivity contribution < 1.29 is 4.74 Å². The standard InChI is InChI=1S/C13H22N2O/c1-4-15(2)10-12(14)9-11-5-7-13(16-3)8-6-11/h5-8,12H,4,9-10,14H2,1-3H3. The lowest BCUT2D eigenvalue weighted by Crippen LogP contribution is -2.36. The Morgan fingerprint density at radius 1 is 1.31 bits per heavy atom. The summed E-state index contributed by atoms with van der Waals surface area (Å²) in [5.41, 5.74) is 7.34. The minimum Gasteiger partial charge on any atom is -0.497 e. The monoisotopic (exact) mass is 222 g/mol. The van der Waals surface area contributed by atoms with Crippen molar-refractivity contribution in [3.63, 3.8) is 0 Å². The zero-order chi connectivity index (χ0) is 12.0. The minimum atomic E-state index is 0.193. The Kier molecular flexibility index (Phi) is 5.29. The smallest absolute Gasteiger partial charge is 0.118 e. The van der Waals surface area contributed by atoms with Crippen LogP contribution in [0.2, 0.25) is 0 Å². The maximum atomic E-state index is 6.08. The van der Waals surface area contributed by atoms with Crippen LogP contribution in [-0.4, -0.2) is 38.2 Å². The van der Waals surface area contributed by atoms with Crippen LogP contribution in [0.3, 0.4) is 0 Å². The van der Waals surface area contributed by atoms with Crippen LogP contribution >= 0.6 is 0 Å². The third-order valence-corrected chi connectivity index (χ3v) is 2.74. The van der Waals surface area contributed by atoms with Crippen LogP contribution < -0.4 is 10.5 Å². The molecular weight excluding hydrogens is 200 g/mol.